The summed E-state index contributed by atoms with van der Waals surface area (Å²) in [6.07, 6.45) is -1.94. The highest BCUT2D eigenvalue weighted by atomic mass is 19.1. The second-order valence-electron chi connectivity index (χ2n) is 3.23. The first-order valence-corrected chi connectivity index (χ1v) is 4.88. The molecule has 0 heterocycles. The van der Waals surface area contributed by atoms with Gasteiger partial charge in [0.2, 0.25) is 6.17 Å². The summed E-state index contributed by atoms with van der Waals surface area (Å²) < 4.78 is 30.6. The van der Waals surface area contributed by atoms with Crippen LogP contribution in [0.3, 0.4) is 0 Å². The number of rotatable bonds is 4. The highest BCUT2D eigenvalue weighted by molar-refractivity contribution is 5.75. The van der Waals surface area contributed by atoms with Crippen LogP contribution in [0.5, 0.6) is 0 Å². The van der Waals surface area contributed by atoms with Crippen LogP contribution in [0.4, 0.5) is 8.78 Å². The maximum atomic E-state index is 13.5. The van der Waals surface area contributed by atoms with Gasteiger partial charge in [0.25, 0.3) is 0 Å². The highest BCUT2D eigenvalue weighted by Gasteiger charge is 2.27. The Balaban J connectivity index is 2.73. The summed E-state index contributed by atoms with van der Waals surface area (Å²) in [4.78, 5) is 11.1. The topological polar surface area (TPSA) is 52.3 Å². The molecule has 0 spiro atoms. The molecule has 0 aliphatic rings. The minimum Gasteiger partial charge on any atom is -0.464 e. The van der Waals surface area contributed by atoms with E-state index in [1.807, 2.05) is 0 Å². The first kappa shape index (κ1) is 12.6. The Kier molecular flexibility index (Phi) is 4.37. The number of ether oxygens (including phenoxy) is 1. The fraction of sp³-hybridized carbons (Fsp3) is 0.364. The van der Waals surface area contributed by atoms with E-state index >= 15 is 0 Å². The van der Waals surface area contributed by atoms with Crippen LogP contribution in [0.25, 0.3) is 0 Å². The predicted octanol–water partition coefficient (Wildman–Crippen LogP) is 1.73. The number of hydrogen-bond donors (Lipinski definition) is 1. The van der Waals surface area contributed by atoms with Crippen LogP contribution in [0, 0.1) is 5.82 Å². The molecule has 88 valence electrons. The summed E-state index contributed by atoms with van der Waals surface area (Å²) in [5.74, 6) is -1.44. The molecule has 0 fully saturated rings. The van der Waals surface area contributed by atoms with Gasteiger partial charge in [0.15, 0.2) is 0 Å². The third kappa shape index (κ3) is 3.00. The molecule has 0 radical (unpaired) electrons. The molecule has 2 atom stereocenters. The predicted molar refractivity (Wildman–Crippen MR) is 54.9 cm³/mol. The van der Waals surface area contributed by atoms with E-state index in [2.05, 4.69) is 4.74 Å². The molecule has 1 unspecified atom stereocenters. The van der Waals surface area contributed by atoms with Crippen molar-refractivity contribution in [3.05, 3.63) is 35.6 Å². The zero-order valence-corrected chi connectivity index (χ0v) is 8.82. The van der Waals surface area contributed by atoms with E-state index in [1.54, 1.807) is 6.92 Å². The lowest BCUT2D eigenvalue weighted by molar-refractivity contribution is -0.149. The lowest BCUT2D eigenvalue weighted by Gasteiger charge is -2.15. The van der Waals surface area contributed by atoms with Crippen molar-refractivity contribution in [3.8, 4) is 0 Å². The van der Waals surface area contributed by atoms with Gasteiger partial charge < -0.3 is 10.5 Å². The van der Waals surface area contributed by atoms with Gasteiger partial charge in [-0.2, -0.15) is 0 Å². The van der Waals surface area contributed by atoms with Crippen LogP contribution >= 0.6 is 0 Å². The fourth-order valence-corrected chi connectivity index (χ4v) is 1.22. The zero-order valence-electron chi connectivity index (χ0n) is 8.82. The largest absolute Gasteiger partial charge is 0.464 e. The van der Waals surface area contributed by atoms with E-state index in [9.17, 15) is 13.6 Å². The van der Waals surface area contributed by atoms with Crippen LogP contribution in [0.1, 0.15) is 18.5 Å². The lowest BCUT2D eigenvalue weighted by atomic mass is 10.0. The monoisotopic (exact) mass is 229 g/mol. The molecule has 5 heteroatoms. The molecule has 2 N–H and O–H groups in total. The van der Waals surface area contributed by atoms with Crippen molar-refractivity contribution < 1.29 is 18.3 Å². The van der Waals surface area contributed by atoms with Gasteiger partial charge in [-0.25, -0.2) is 13.6 Å². The van der Waals surface area contributed by atoms with E-state index in [0.717, 1.165) is 12.1 Å². The van der Waals surface area contributed by atoms with E-state index < -0.39 is 24.0 Å². The number of esters is 1. The number of carbonyl (C=O) groups excluding carboxylic acids is 1. The van der Waals surface area contributed by atoms with Gasteiger partial charge in [-0.15, -0.1) is 0 Å². The first-order chi connectivity index (χ1) is 7.56. The Morgan fingerprint density at radius 2 is 2.00 bits per heavy atom. The lowest BCUT2D eigenvalue weighted by Crippen LogP contribution is -2.31. The Bertz CT molecular complexity index is 354. The number of carbonyl (C=O) groups is 1. The molecule has 0 saturated heterocycles. The quantitative estimate of drug-likeness (QED) is 0.800. The Labute approximate surface area is 92.2 Å². The third-order valence-electron chi connectivity index (χ3n) is 2.08. The zero-order chi connectivity index (χ0) is 12.1. The van der Waals surface area contributed by atoms with E-state index in [1.165, 1.54) is 12.1 Å². The van der Waals surface area contributed by atoms with Crippen LogP contribution in [0.2, 0.25) is 0 Å². The van der Waals surface area contributed by atoms with Crippen molar-refractivity contribution in [2.75, 3.05) is 6.61 Å². The molecule has 1 aromatic rings. The van der Waals surface area contributed by atoms with E-state index in [4.69, 9.17) is 5.73 Å². The molecular weight excluding hydrogens is 216 g/mol. The maximum Gasteiger partial charge on any atom is 0.342 e. The molecule has 1 rings (SSSR count). The second kappa shape index (κ2) is 5.55. The van der Waals surface area contributed by atoms with Gasteiger partial charge in [-0.05, 0) is 24.6 Å². The molecule has 0 aliphatic heterocycles. The average Bonchev–Trinajstić information content (AvgIpc) is 2.28. The summed E-state index contributed by atoms with van der Waals surface area (Å²) in [7, 11) is 0. The van der Waals surface area contributed by atoms with Crippen molar-refractivity contribution in [1.29, 1.82) is 0 Å². The smallest absolute Gasteiger partial charge is 0.342 e. The highest BCUT2D eigenvalue weighted by Crippen LogP contribution is 2.18. The minimum atomic E-state index is -1.94. The standard InChI is InChI=1S/C11H13F2NO2/c1-2-16-11(15)9(13)10(14)7-3-5-8(12)6-4-7/h3-6,9-10H,2,14H2,1H3/t9?,10-/m0/s1. The third-order valence-corrected chi connectivity index (χ3v) is 2.08. The van der Waals surface area contributed by atoms with Crippen molar-refractivity contribution in [2.45, 2.75) is 19.1 Å². The Hall–Kier alpha value is -1.49. The number of benzene rings is 1. The van der Waals surface area contributed by atoms with Crippen molar-refractivity contribution in [3.63, 3.8) is 0 Å². The van der Waals surface area contributed by atoms with Gasteiger partial charge in [0.05, 0.1) is 12.6 Å². The number of hydrogen-bond acceptors (Lipinski definition) is 3. The molecule has 0 aliphatic carbocycles. The van der Waals surface area contributed by atoms with E-state index in [0.29, 0.717) is 5.56 Å². The molecule has 3 nitrogen and oxygen atoms in total. The fourth-order valence-electron chi connectivity index (χ4n) is 1.22. The van der Waals surface area contributed by atoms with Gasteiger partial charge in [-0.3, -0.25) is 0 Å². The normalized spacial score (nSPS) is 14.2. The van der Waals surface area contributed by atoms with Crippen LogP contribution in [-0.2, 0) is 9.53 Å². The van der Waals surface area contributed by atoms with E-state index in [-0.39, 0.29) is 6.61 Å². The van der Waals surface area contributed by atoms with Crippen molar-refractivity contribution in [1.82, 2.24) is 0 Å². The number of nitrogens with two attached hydrogens (primary N) is 1. The summed E-state index contributed by atoms with van der Waals surface area (Å²) in [6.45, 7) is 1.67. The van der Waals surface area contributed by atoms with Crippen LogP contribution in [-0.4, -0.2) is 18.7 Å². The average molecular weight is 229 g/mol. The van der Waals surface area contributed by atoms with Gasteiger partial charge in [-0.1, -0.05) is 12.1 Å². The van der Waals surface area contributed by atoms with Crippen LogP contribution < -0.4 is 5.73 Å². The molecule has 0 bridgehead atoms. The molecule has 0 aromatic heterocycles. The Morgan fingerprint density at radius 1 is 1.44 bits per heavy atom. The maximum absolute atomic E-state index is 13.5. The SMILES string of the molecule is CCOC(=O)C(F)[C@@H](N)c1ccc(F)cc1. The second-order valence-corrected chi connectivity index (χ2v) is 3.23. The first-order valence-electron chi connectivity index (χ1n) is 4.88. The summed E-state index contributed by atoms with van der Waals surface area (Å²) in [5.41, 5.74) is 5.87. The van der Waals surface area contributed by atoms with Crippen molar-refractivity contribution in [2.24, 2.45) is 5.73 Å². The summed E-state index contributed by atoms with van der Waals surface area (Å²) in [5, 5.41) is 0. The summed E-state index contributed by atoms with van der Waals surface area (Å²) >= 11 is 0. The van der Waals surface area contributed by atoms with Gasteiger partial charge in [0.1, 0.15) is 5.82 Å². The molecule has 0 amide bonds. The Morgan fingerprint density at radius 3 is 2.50 bits per heavy atom. The molecular formula is C11H13F2NO2. The van der Waals surface area contributed by atoms with Gasteiger partial charge >= 0.3 is 5.97 Å². The summed E-state index contributed by atoms with van der Waals surface area (Å²) in [6, 6.07) is 3.86. The molecule has 16 heavy (non-hydrogen) atoms. The molecule has 1 aromatic carbocycles. The van der Waals surface area contributed by atoms with Crippen molar-refractivity contribution >= 4 is 5.97 Å². The molecule has 0 saturated carbocycles. The number of halogens is 2. The number of alkyl halides is 1. The van der Waals surface area contributed by atoms with Gasteiger partial charge in [0, 0.05) is 0 Å². The van der Waals surface area contributed by atoms with Crippen LogP contribution in [0.15, 0.2) is 24.3 Å². The minimum absolute atomic E-state index is 0.0926.